The van der Waals surface area contributed by atoms with E-state index in [4.69, 9.17) is 17.3 Å². The Morgan fingerprint density at radius 1 is 1.30 bits per heavy atom. The monoisotopic (exact) mass is 289 g/mol. The summed E-state index contributed by atoms with van der Waals surface area (Å²) >= 11 is 6.11. The van der Waals surface area contributed by atoms with Crippen LogP contribution in [0.25, 0.3) is 0 Å². The van der Waals surface area contributed by atoms with Gasteiger partial charge in [-0.2, -0.15) is 0 Å². The highest BCUT2D eigenvalue weighted by atomic mass is 35.5. The van der Waals surface area contributed by atoms with Crippen molar-refractivity contribution in [2.24, 2.45) is 0 Å². The van der Waals surface area contributed by atoms with Crippen LogP contribution in [0, 0.1) is 0 Å². The summed E-state index contributed by atoms with van der Waals surface area (Å²) in [6.07, 6.45) is 3.42. The molecule has 20 heavy (non-hydrogen) atoms. The van der Waals surface area contributed by atoms with Gasteiger partial charge in [0.15, 0.2) is 0 Å². The number of nitrogens with zero attached hydrogens (tertiary/aromatic N) is 2. The summed E-state index contributed by atoms with van der Waals surface area (Å²) < 4.78 is 0. The van der Waals surface area contributed by atoms with Gasteiger partial charge >= 0.3 is 0 Å². The van der Waals surface area contributed by atoms with Gasteiger partial charge in [-0.05, 0) is 36.8 Å². The molecular weight excluding hydrogens is 274 g/mol. The minimum atomic E-state index is -0.124. The zero-order valence-corrected chi connectivity index (χ0v) is 12.0. The van der Waals surface area contributed by atoms with E-state index in [1.165, 1.54) is 0 Å². The highest BCUT2D eigenvalue weighted by molar-refractivity contribution is 6.36. The van der Waals surface area contributed by atoms with Crippen molar-refractivity contribution in [1.82, 2.24) is 9.88 Å². The van der Waals surface area contributed by atoms with E-state index in [0.717, 1.165) is 5.56 Å². The Labute approximate surface area is 123 Å². The molecule has 2 N–H and O–H groups in total. The molecule has 1 amide bonds. The number of carbonyl (C=O) groups is 1. The van der Waals surface area contributed by atoms with Gasteiger partial charge in [0.05, 0.1) is 16.3 Å². The Morgan fingerprint density at radius 3 is 2.65 bits per heavy atom. The highest BCUT2D eigenvalue weighted by Gasteiger charge is 2.18. The Hall–Kier alpha value is -2.07. The Morgan fingerprint density at radius 2 is 2.00 bits per heavy atom. The van der Waals surface area contributed by atoms with Crippen LogP contribution in [0.1, 0.15) is 22.8 Å². The van der Waals surface area contributed by atoms with Gasteiger partial charge in [-0.1, -0.05) is 17.7 Å². The zero-order chi connectivity index (χ0) is 14.5. The van der Waals surface area contributed by atoms with E-state index in [1.807, 2.05) is 19.1 Å². The Bertz CT molecular complexity index is 601. The summed E-state index contributed by atoms with van der Waals surface area (Å²) in [4.78, 5) is 18.2. The second kappa shape index (κ2) is 6.39. The summed E-state index contributed by atoms with van der Waals surface area (Å²) in [5.74, 6) is -0.124. The van der Waals surface area contributed by atoms with Crippen LogP contribution in [0.5, 0.6) is 0 Å². The lowest BCUT2D eigenvalue weighted by atomic mass is 10.1. The van der Waals surface area contributed by atoms with Crippen LogP contribution in [-0.4, -0.2) is 22.3 Å². The van der Waals surface area contributed by atoms with Crippen LogP contribution in [-0.2, 0) is 6.54 Å². The number of amides is 1. The van der Waals surface area contributed by atoms with Crippen LogP contribution in [0.4, 0.5) is 5.69 Å². The number of anilines is 1. The number of nitrogens with two attached hydrogens (primary N) is 1. The normalized spacial score (nSPS) is 10.3. The van der Waals surface area contributed by atoms with E-state index >= 15 is 0 Å². The fraction of sp³-hybridized carbons (Fsp3) is 0.200. The molecule has 0 atom stereocenters. The van der Waals surface area contributed by atoms with Gasteiger partial charge in [0, 0.05) is 25.5 Å². The Kier molecular flexibility index (Phi) is 4.58. The third-order valence-electron chi connectivity index (χ3n) is 3.05. The number of rotatable bonds is 4. The van der Waals surface area contributed by atoms with Crippen molar-refractivity contribution in [1.29, 1.82) is 0 Å². The second-order valence-corrected chi connectivity index (χ2v) is 4.76. The molecule has 0 aliphatic rings. The predicted octanol–water partition coefficient (Wildman–Crippen LogP) is 2.98. The quantitative estimate of drug-likeness (QED) is 0.880. The number of hydrogen-bond acceptors (Lipinski definition) is 3. The van der Waals surface area contributed by atoms with E-state index < -0.39 is 0 Å². The molecular formula is C15H16ClN3O. The molecule has 0 aliphatic carbocycles. The standard InChI is InChI=1S/C15H16ClN3O/c1-2-19(10-11-6-8-18-9-7-11)15(20)12-4-3-5-13(17)14(12)16/h3-9H,2,10,17H2,1H3. The predicted molar refractivity (Wildman–Crippen MR) is 80.5 cm³/mol. The molecule has 2 aromatic rings. The molecule has 4 nitrogen and oxygen atoms in total. The third kappa shape index (κ3) is 3.08. The van der Waals surface area contributed by atoms with Crippen molar-refractivity contribution in [3.05, 3.63) is 58.9 Å². The smallest absolute Gasteiger partial charge is 0.255 e. The molecule has 5 heteroatoms. The second-order valence-electron chi connectivity index (χ2n) is 4.38. The van der Waals surface area contributed by atoms with Gasteiger partial charge in [-0.25, -0.2) is 0 Å². The van der Waals surface area contributed by atoms with E-state index in [1.54, 1.807) is 35.5 Å². The number of carbonyl (C=O) groups excluding carboxylic acids is 1. The van der Waals surface area contributed by atoms with Crippen molar-refractivity contribution in [3.8, 4) is 0 Å². The molecule has 1 heterocycles. The highest BCUT2D eigenvalue weighted by Crippen LogP contribution is 2.24. The molecule has 0 radical (unpaired) electrons. The molecule has 1 aromatic heterocycles. The number of pyridine rings is 1. The first-order valence-electron chi connectivity index (χ1n) is 6.35. The van der Waals surface area contributed by atoms with Crippen molar-refractivity contribution in [2.45, 2.75) is 13.5 Å². The number of halogens is 1. The molecule has 1 aromatic carbocycles. The molecule has 0 unspecified atom stereocenters. The van der Waals surface area contributed by atoms with Crippen molar-refractivity contribution in [3.63, 3.8) is 0 Å². The molecule has 0 saturated heterocycles. The van der Waals surface area contributed by atoms with E-state index in [-0.39, 0.29) is 5.91 Å². The molecule has 0 fully saturated rings. The first-order chi connectivity index (χ1) is 9.63. The lowest BCUT2D eigenvalue weighted by molar-refractivity contribution is 0.0753. The van der Waals surface area contributed by atoms with Crippen molar-refractivity contribution >= 4 is 23.2 Å². The maximum absolute atomic E-state index is 12.5. The Balaban J connectivity index is 2.23. The topological polar surface area (TPSA) is 59.2 Å². The summed E-state index contributed by atoms with van der Waals surface area (Å²) in [6.45, 7) is 3.04. The fourth-order valence-corrected chi connectivity index (χ4v) is 2.13. The zero-order valence-electron chi connectivity index (χ0n) is 11.2. The van der Waals surface area contributed by atoms with Crippen LogP contribution in [0.15, 0.2) is 42.7 Å². The maximum Gasteiger partial charge on any atom is 0.255 e. The molecule has 2 rings (SSSR count). The van der Waals surface area contributed by atoms with Gasteiger partial charge in [-0.15, -0.1) is 0 Å². The summed E-state index contributed by atoms with van der Waals surface area (Å²) in [5.41, 5.74) is 7.61. The number of aromatic nitrogens is 1. The van der Waals surface area contributed by atoms with E-state index in [2.05, 4.69) is 4.98 Å². The largest absolute Gasteiger partial charge is 0.398 e. The summed E-state index contributed by atoms with van der Waals surface area (Å²) in [5, 5.41) is 0.311. The number of hydrogen-bond donors (Lipinski definition) is 1. The van der Waals surface area contributed by atoms with E-state index in [0.29, 0.717) is 29.4 Å². The average Bonchev–Trinajstić information content (AvgIpc) is 2.48. The third-order valence-corrected chi connectivity index (χ3v) is 3.47. The maximum atomic E-state index is 12.5. The van der Waals surface area contributed by atoms with Gasteiger partial charge < -0.3 is 10.6 Å². The summed E-state index contributed by atoms with van der Waals surface area (Å²) in [7, 11) is 0. The van der Waals surface area contributed by atoms with E-state index in [9.17, 15) is 4.79 Å². The first kappa shape index (κ1) is 14.3. The van der Waals surface area contributed by atoms with Crippen LogP contribution in [0.3, 0.4) is 0 Å². The lowest BCUT2D eigenvalue weighted by Gasteiger charge is -2.21. The van der Waals surface area contributed by atoms with Gasteiger partial charge in [-0.3, -0.25) is 9.78 Å². The summed E-state index contributed by atoms with van der Waals surface area (Å²) in [6, 6.07) is 8.87. The minimum Gasteiger partial charge on any atom is -0.398 e. The lowest BCUT2D eigenvalue weighted by Crippen LogP contribution is -2.30. The number of benzene rings is 1. The van der Waals surface area contributed by atoms with Crippen molar-refractivity contribution < 1.29 is 4.79 Å². The van der Waals surface area contributed by atoms with Crippen LogP contribution >= 0.6 is 11.6 Å². The van der Waals surface area contributed by atoms with Gasteiger partial charge in [0.2, 0.25) is 0 Å². The van der Waals surface area contributed by atoms with Crippen molar-refractivity contribution in [2.75, 3.05) is 12.3 Å². The fourth-order valence-electron chi connectivity index (χ4n) is 1.92. The van der Waals surface area contributed by atoms with Gasteiger partial charge in [0.1, 0.15) is 0 Å². The molecule has 0 aliphatic heterocycles. The minimum absolute atomic E-state index is 0.124. The van der Waals surface area contributed by atoms with Crippen LogP contribution in [0.2, 0.25) is 5.02 Å². The molecule has 0 spiro atoms. The SMILES string of the molecule is CCN(Cc1ccncc1)C(=O)c1cccc(N)c1Cl. The first-order valence-corrected chi connectivity index (χ1v) is 6.73. The van der Waals surface area contributed by atoms with Gasteiger partial charge in [0.25, 0.3) is 5.91 Å². The van der Waals surface area contributed by atoms with Crippen LogP contribution < -0.4 is 5.73 Å². The number of nitrogen functional groups attached to an aromatic ring is 1. The molecule has 104 valence electrons. The average molecular weight is 290 g/mol. The molecule has 0 bridgehead atoms. The molecule has 0 saturated carbocycles.